The van der Waals surface area contributed by atoms with Crippen LogP contribution in [0.4, 0.5) is 13.2 Å². The van der Waals surface area contributed by atoms with Gasteiger partial charge in [0.15, 0.2) is 5.82 Å². The maximum absolute atomic E-state index is 13.2. The average Bonchev–Trinajstić information content (AvgIpc) is 3.65. The van der Waals surface area contributed by atoms with Crippen LogP contribution in [0.15, 0.2) is 42.5 Å². The highest BCUT2D eigenvalue weighted by atomic mass is 19.4. The Kier molecular flexibility index (Phi) is 11.6. The SMILES string of the molecule is CC(C)Cc1ccccc1C(NCc1ccc2c(c1)CN(C1CCC(=O)NC1=O)C2=O)c1nnnn1CC1CCOCC1.O=C(O)C(F)(F)F. The number of alkyl halides is 3. The Balaban J connectivity index is 0.000000630. The van der Waals surface area contributed by atoms with Gasteiger partial charge in [-0.2, -0.15) is 13.2 Å². The highest BCUT2D eigenvalue weighted by molar-refractivity contribution is 6.05. The zero-order valence-electron chi connectivity index (χ0n) is 27.8. The summed E-state index contributed by atoms with van der Waals surface area (Å²) in [6.07, 6.45) is -1.58. The number of carboxylic acids is 1. The molecular weight excluding hydrogens is 659 g/mol. The number of aromatic nitrogens is 4. The zero-order valence-corrected chi connectivity index (χ0v) is 27.8. The van der Waals surface area contributed by atoms with Crippen LogP contribution >= 0.6 is 0 Å². The average molecular weight is 700 g/mol. The van der Waals surface area contributed by atoms with Crippen LogP contribution in [0, 0.1) is 11.8 Å². The number of nitrogens with zero attached hydrogens (tertiary/aromatic N) is 5. The lowest BCUT2D eigenvalue weighted by Crippen LogP contribution is -2.52. The molecule has 268 valence electrons. The van der Waals surface area contributed by atoms with Crippen molar-refractivity contribution in [1.29, 1.82) is 0 Å². The molecular formula is C34H40F3N7O6. The molecule has 0 aliphatic carbocycles. The number of nitrogens with one attached hydrogen (secondary N) is 2. The van der Waals surface area contributed by atoms with Gasteiger partial charge in [-0.1, -0.05) is 50.2 Å². The van der Waals surface area contributed by atoms with E-state index in [1.54, 1.807) is 4.90 Å². The largest absolute Gasteiger partial charge is 0.490 e. The molecule has 3 aliphatic rings. The summed E-state index contributed by atoms with van der Waals surface area (Å²) < 4.78 is 39.2. The number of carbonyl (C=O) groups is 4. The van der Waals surface area contributed by atoms with E-state index in [4.69, 9.17) is 14.6 Å². The molecule has 2 atom stereocenters. The topological polar surface area (TPSA) is 169 Å². The van der Waals surface area contributed by atoms with E-state index in [1.165, 1.54) is 5.56 Å². The number of hydrogen-bond acceptors (Lipinski definition) is 9. The van der Waals surface area contributed by atoms with E-state index in [9.17, 15) is 27.6 Å². The second kappa shape index (κ2) is 15.9. The number of ether oxygens (including phenoxy) is 1. The van der Waals surface area contributed by atoms with Crippen LogP contribution in [-0.2, 0) is 45.2 Å². The number of aliphatic carboxylic acids is 1. The lowest BCUT2D eigenvalue weighted by molar-refractivity contribution is -0.192. The minimum atomic E-state index is -5.08. The molecule has 2 fully saturated rings. The molecule has 13 nitrogen and oxygen atoms in total. The normalized spacial score (nSPS) is 18.8. The lowest BCUT2D eigenvalue weighted by Gasteiger charge is -2.29. The summed E-state index contributed by atoms with van der Waals surface area (Å²) in [5.41, 5.74) is 4.92. The third-order valence-electron chi connectivity index (χ3n) is 8.92. The van der Waals surface area contributed by atoms with Gasteiger partial charge in [0.1, 0.15) is 6.04 Å². The molecule has 2 aromatic carbocycles. The summed E-state index contributed by atoms with van der Waals surface area (Å²) in [6, 6.07) is 13.4. The van der Waals surface area contributed by atoms with Crippen LogP contribution in [0.25, 0.3) is 0 Å². The zero-order chi connectivity index (χ0) is 36.0. The van der Waals surface area contributed by atoms with Gasteiger partial charge >= 0.3 is 12.1 Å². The fraction of sp³-hybridized carbons (Fsp3) is 0.500. The van der Waals surface area contributed by atoms with Crippen molar-refractivity contribution < 1.29 is 42.2 Å². The molecule has 4 heterocycles. The summed E-state index contributed by atoms with van der Waals surface area (Å²) in [6.45, 7) is 7.60. The van der Waals surface area contributed by atoms with Gasteiger partial charge in [0, 0.05) is 44.8 Å². The molecule has 50 heavy (non-hydrogen) atoms. The summed E-state index contributed by atoms with van der Waals surface area (Å²) in [7, 11) is 0. The van der Waals surface area contributed by atoms with Gasteiger partial charge in [0.2, 0.25) is 11.8 Å². The van der Waals surface area contributed by atoms with Crippen molar-refractivity contribution in [3.05, 3.63) is 76.1 Å². The van der Waals surface area contributed by atoms with E-state index in [2.05, 4.69) is 64.3 Å². The number of piperidine rings is 1. The second-order valence-corrected chi connectivity index (χ2v) is 13.1. The molecule has 3 aromatic rings. The Morgan fingerprint density at radius 2 is 1.82 bits per heavy atom. The molecule has 1 aromatic heterocycles. The Labute approximate surface area is 286 Å². The predicted molar refractivity (Wildman–Crippen MR) is 171 cm³/mol. The highest BCUT2D eigenvalue weighted by Crippen LogP contribution is 2.30. The first-order chi connectivity index (χ1) is 23.8. The fourth-order valence-electron chi connectivity index (χ4n) is 6.46. The number of carbonyl (C=O) groups excluding carboxylic acids is 3. The van der Waals surface area contributed by atoms with Crippen molar-refractivity contribution in [2.45, 2.75) is 83.8 Å². The third-order valence-corrected chi connectivity index (χ3v) is 8.92. The number of fused-ring (bicyclic) bond motifs is 1. The van der Waals surface area contributed by atoms with Crippen LogP contribution in [0.2, 0.25) is 0 Å². The molecule has 16 heteroatoms. The number of halogens is 3. The molecule has 6 rings (SSSR count). The lowest BCUT2D eigenvalue weighted by atomic mass is 9.93. The predicted octanol–water partition coefficient (Wildman–Crippen LogP) is 3.57. The van der Waals surface area contributed by atoms with Gasteiger partial charge in [0.25, 0.3) is 5.91 Å². The Bertz CT molecular complexity index is 1710. The van der Waals surface area contributed by atoms with E-state index in [-0.39, 0.29) is 24.3 Å². The molecule has 0 saturated carbocycles. The van der Waals surface area contributed by atoms with E-state index in [1.807, 2.05) is 22.9 Å². The number of carboxylic acid groups (broad SMARTS) is 1. The molecule has 0 radical (unpaired) electrons. The van der Waals surface area contributed by atoms with Crippen molar-refractivity contribution >= 4 is 23.7 Å². The van der Waals surface area contributed by atoms with Gasteiger partial charge < -0.3 is 14.7 Å². The van der Waals surface area contributed by atoms with Gasteiger partial charge in [-0.05, 0) is 76.3 Å². The van der Waals surface area contributed by atoms with Gasteiger partial charge in [-0.15, -0.1) is 5.10 Å². The van der Waals surface area contributed by atoms with Crippen molar-refractivity contribution in [2.75, 3.05) is 13.2 Å². The van der Waals surface area contributed by atoms with Crippen molar-refractivity contribution in [2.24, 2.45) is 11.8 Å². The first-order valence-electron chi connectivity index (χ1n) is 16.5. The highest BCUT2D eigenvalue weighted by Gasteiger charge is 2.39. The number of benzene rings is 2. The molecule has 0 spiro atoms. The molecule has 2 unspecified atom stereocenters. The van der Waals surface area contributed by atoms with E-state index in [0.29, 0.717) is 36.9 Å². The smallest absolute Gasteiger partial charge is 0.475 e. The summed E-state index contributed by atoms with van der Waals surface area (Å²) in [5.74, 6) is -1.89. The molecule has 0 bridgehead atoms. The minimum absolute atomic E-state index is 0.170. The first-order valence-corrected chi connectivity index (χ1v) is 16.5. The minimum Gasteiger partial charge on any atom is -0.475 e. The monoisotopic (exact) mass is 699 g/mol. The Hall–Kier alpha value is -4.70. The van der Waals surface area contributed by atoms with Crippen LogP contribution in [0.3, 0.4) is 0 Å². The van der Waals surface area contributed by atoms with Crippen LogP contribution < -0.4 is 10.6 Å². The maximum Gasteiger partial charge on any atom is 0.490 e. The van der Waals surface area contributed by atoms with E-state index >= 15 is 0 Å². The van der Waals surface area contributed by atoms with Crippen molar-refractivity contribution in [1.82, 2.24) is 35.7 Å². The molecule has 3 amide bonds. The maximum atomic E-state index is 13.2. The number of rotatable bonds is 10. The van der Waals surface area contributed by atoms with Crippen LogP contribution in [0.1, 0.15) is 84.0 Å². The number of tetrazole rings is 1. The van der Waals surface area contributed by atoms with Gasteiger partial charge in [-0.3, -0.25) is 25.0 Å². The quantitative estimate of drug-likeness (QED) is 0.266. The third kappa shape index (κ3) is 8.90. The van der Waals surface area contributed by atoms with E-state index < -0.39 is 24.1 Å². The fourth-order valence-corrected chi connectivity index (χ4v) is 6.46. The number of hydrogen-bond donors (Lipinski definition) is 3. The van der Waals surface area contributed by atoms with E-state index in [0.717, 1.165) is 61.5 Å². The molecule has 2 saturated heterocycles. The Morgan fingerprint density at radius 1 is 1.10 bits per heavy atom. The van der Waals surface area contributed by atoms with Crippen molar-refractivity contribution in [3.8, 4) is 0 Å². The molecule has 3 aliphatic heterocycles. The second-order valence-electron chi connectivity index (χ2n) is 13.1. The Morgan fingerprint density at radius 3 is 2.50 bits per heavy atom. The van der Waals surface area contributed by atoms with Crippen molar-refractivity contribution in [3.63, 3.8) is 0 Å². The summed E-state index contributed by atoms with van der Waals surface area (Å²) in [5, 5.41) is 26.3. The summed E-state index contributed by atoms with van der Waals surface area (Å²) in [4.78, 5) is 47.8. The van der Waals surface area contributed by atoms with Crippen LogP contribution in [0.5, 0.6) is 0 Å². The van der Waals surface area contributed by atoms with Gasteiger partial charge in [0.05, 0.1) is 6.04 Å². The number of imide groups is 1. The summed E-state index contributed by atoms with van der Waals surface area (Å²) >= 11 is 0. The number of amides is 3. The van der Waals surface area contributed by atoms with Crippen LogP contribution in [-0.4, -0.2) is 79.3 Å². The van der Waals surface area contributed by atoms with Gasteiger partial charge in [-0.25, -0.2) is 9.48 Å². The molecule has 3 N–H and O–H groups in total. The first kappa shape index (κ1) is 36.6. The standard InChI is InChI=1S/C32H39N7O4.C2HF3O2/c1-20(2)15-23-5-3-4-6-25(23)29(30-35-36-37-39(30)18-21-11-13-43-14-12-21)33-17-22-7-8-26-24(16-22)19-38(32(26)42)27-9-10-28(40)34-31(27)41;3-2(4,5)1(6)7/h3-8,16,20-21,27,29,33H,9-15,17-19H2,1-2H3,(H,34,40,41);(H,6,7).